The van der Waals surface area contributed by atoms with Gasteiger partial charge in [-0.15, -0.1) is 0 Å². The lowest BCUT2D eigenvalue weighted by molar-refractivity contribution is 0.174. The quantitative estimate of drug-likeness (QED) is 0.872. The van der Waals surface area contributed by atoms with Gasteiger partial charge in [0, 0.05) is 16.2 Å². The van der Waals surface area contributed by atoms with Crippen LogP contribution in [0.2, 0.25) is 0 Å². The van der Waals surface area contributed by atoms with Crippen LogP contribution in [-0.4, -0.2) is 12.8 Å². The van der Waals surface area contributed by atoms with Crippen molar-refractivity contribution in [3.8, 4) is 11.5 Å². The highest BCUT2D eigenvalue weighted by atomic mass is 79.9. The van der Waals surface area contributed by atoms with Gasteiger partial charge in [0.2, 0.25) is 6.79 Å². The molecule has 0 amide bonds. The molecule has 2 heterocycles. The lowest BCUT2D eigenvalue weighted by Gasteiger charge is -2.27. The summed E-state index contributed by atoms with van der Waals surface area (Å²) < 4.78 is 12.0. The standard InChI is InChI=1S/C18H18BrNO2/c19-15-10-18-17(21-11-22-18)9-13(15)6-8-14-7-5-12-3-1-2-4-16(12)20-14/h1-4,9-10,14,20H,5-8,11H2/t14-/m1/s1. The zero-order chi connectivity index (χ0) is 14.9. The Kier molecular flexibility index (Phi) is 3.70. The predicted octanol–water partition coefficient (Wildman–Crippen LogP) is 4.54. The van der Waals surface area contributed by atoms with E-state index in [4.69, 9.17) is 9.47 Å². The van der Waals surface area contributed by atoms with Crippen LogP contribution >= 0.6 is 15.9 Å². The Morgan fingerprint density at radius 2 is 1.95 bits per heavy atom. The van der Waals surface area contributed by atoms with Crippen LogP contribution in [0.25, 0.3) is 0 Å². The van der Waals surface area contributed by atoms with Crippen LogP contribution in [0.3, 0.4) is 0 Å². The molecule has 0 saturated heterocycles. The van der Waals surface area contributed by atoms with Gasteiger partial charge in [-0.25, -0.2) is 0 Å². The Bertz CT molecular complexity index is 701. The van der Waals surface area contributed by atoms with E-state index in [-0.39, 0.29) is 0 Å². The second kappa shape index (κ2) is 5.84. The Morgan fingerprint density at radius 1 is 1.14 bits per heavy atom. The van der Waals surface area contributed by atoms with Crippen molar-refractivity contribution in [2.75, 3.05) is 12.1 Å². The van der Waals surface area contributed by atoms with Crippen LogP contribution < -0.4 is 14.8 Å². The molecule has 0 unspecified atom stereocenters. The fourth-order valence-corrected chi connectivity index (χ4v) is 3.72. The number of rotatable bonds is 3. The number of para-hydroxylation sites is 1. The average molecular weight is 360 g/mol. The first kappa shape index (κ1) is 13.9. The minimum atomic E-state index is 0.326. The number of benzene rings is 2. The van der Waals surface area contributed by atoms with Gasteiger partial charge >= 0.3 is 0 Å². The van der Waals surface area contributed by atoms with E-state index in [1.54, 1.807) is 0 Å². The third-order valence-corrected chi connectivity index (χ3v) is 5.18. The molecule has 1 N–H and O–H groups in total. The summed E-state index contributed by atoms with van der Waals surface area (Å²) in [4.78, 5) is 0. The third kappa shape index (κ3) is 2.68. The molecule has 3 nitrogen and oxygen atoms in total. The summed E-state index contributed by atoms with van der Waals surface area (Å²) in [7, 11) is 0. The van der Waals surface area contributed by atoms with Gasteiger partial charge in [0.05, 0.1) is 0 Å². The first-order valence-electron chi connectivity index (χ1n) is 7.72. The van der Waals surface area contributed by atoms with E-state index in [1.165, 1.54) is 23.2 Å². The fraction of sp³-hybridized carbons (Fsp3) is 0.333. The van der Waals surface area contributed by atoms with Crippen molar-refractivity contribution in [1.82, 2.24) is 0 Å². The van der Waals surface area contributed by atoms with Crippen molar-refractivity contribution in [2.24, 2.45) is 0 Å². The molecule has 0 fully saturated rings. The van der Waals surface area contributed by atoms with E-state index in [9.17, 15) is 0 Å². The van der Waals surface area contributed by atoms with Crippen molar-refractivity contribution >= 4 is 21.6 Å². The maximum atomic E-state index is 5.47. The van der Waals surface area contributed by atoms with Crippen molar-refractivity contribution in [3.05, 3.63) is 52.0 Å². The molecular formula is C18H18BrNO2. The van der Waals surface area contributed by atoms with Crippen molar-refractivity contribution in [3.63, 3.8) is 0 Å². The fourth-order valence-electron chi connectivity index (χ4n) is 3.20. The molecule has 0 aliphatic carbocycles. The van der Waals surface area contributed by atoms with Crippen LogP contribution in [0.1, 0.15) is 24.0 Å². The van der Waals surface area contributed by atoms with E-state index in [0.29, 0.717) is 12.8 Å². The maximum Gasteiger partial charge on any atom is 0.231 e. The van der Waals surface area contributed by atoms with Crippen LogP contribution in [-0.2, 0) is 12.8 Å². The van der Waals surface area contributed by atoms with Crippen molar-refractivity contribution in [1.29, 1.82) is 0 Å². The van der Waals surface area contributed by atoms with Gasteiger partial charge in [-0.1, -0.05) is 34.1 Å². The highest BCUT2D eigenvalue weighted by molar-refractivity contribution is 9.10. The molecule has 2 aromatic rings. The second-order valence-corrected chi connectivity index (χ2v) is 6.73. The number of fused-ring (bicyclic) bond motifs is 2. The molecule has 22 heavy (non-hydrogen) atoms. The lowest BCUT2D eigenvalue weighted by Crippen LogP contribution is -2.25. The van der Waals surface area contributed by atoms with Crippen LogP contribution in [0.4, 0.5) is 5.69 Å². The van der Waals surface area contributed by atoms with Gasteiger partial charge in [-0.3, -0.25) is 0 Å². The molecule has 0 saturated carbocycles. The molecule has 4 rings (SSSR count). The maximum absolute atomic E-state index is 5.47. The summed E-state index contributed by atoms with van der Waals surface area (Å²) in [6, 6.07) is 13.3. The van der Waals surface area contributed by atoms with Crippen LogP contribution in [0, 0.1) is 0 Å². The summed E-state index contributed by atoms with van der Waals surface area (Å²) in [6.07, 6.45) is 4.50. The topological polar surface area (TPSA) is 30.5 Å². The Hall–Kier alpha value is -1.68. The zero-order valence-corrected chi connectivity index (χ0v) is 13.9. The smallest absolute Gasteiger partial charge is 0.231 e. The van der Waals surface area contributed by atoms with Gasteiger partial charge < -0.3 is 14.8 Å². The molecule has 4 heteroatoms. The molecule has 1 atom stereocenters. The second-order valence-electron chi connectivity index (χ2n) is 5.87. The molecule has 0 radical (unpaired) electrons. The highest BCUT2D eigenvalue weighted by Crippen LogP contribution is 2.37. The number of anilines is 1. The lowest BCUT2D eigenvalue weighted by atomic mass is 9.94. The molecule has 0 bridgehead atoms. The first-order valence-corrected chi connectivity index (χ1v) is 8.51. The third-order valence-electron chi connectivity index (χ3n) is 4.44. The molecule has 2 aromatic carbocycles. The summed E-state index contributed by atoms with van der Waals surface area (Å²) in [5.74, 6) is 1.69. The summed E-state index contributed by atoms with van der Waals surface area (Å²) in [5, 5.41) is 3.67. The van der Waals surface area contributed by atoms with E-state index < -0.39 is 0 Å². The van der Waals surface area contributed by atoms with Crippen LogP contribution in [0.5, 0.6) is 11.5 Å². The predicted molar refractivity (Wildman–Crippen MR) is 90.8 cm³/mol. The van der Waals surface area contributed by atoms with Crippen molar-refractivity contribution in [2.45, 2.75) is 31.7 Å². The Morgan fingerprint density at radius 3 is 2.86 bits per heavy atom. The molecule has 0 spiro atoms. The number of hydrogen-bond acceptors (Lipinski definition) is 3. The number of ether oxygens (including phenoxy) is 2. The first-order chi connectivity index (χ1) is 10.8. The average Bonchev–Trinajstić information content (AvgIpc) is 2.99. The molecule has 2 aliphatic rings. The summed E-state index contributed by atoms with van der Waals surface area (Å²) >= 11 is 3.64. The van der Waals surface area contributed by atoms with E-state index in [1.807, 2.05) is 6.07 Å². The van der Waals surface area contributed by atoms with Crippen molar-refractivity contribution < 1.29 is 9.47 Å². The highest BCUT2D eigenvalue weighted by Gasteiger charge is 2.19. The SMILES string of the molecule is Brc1cc2c(cc1CC[C@H]1CCc3ccccc3N1)OCO2. The monoisotopic (exact) mass is 359 g/mol. The van der Waals surface area contributed by atoms with Gasteiger partial charge in [-0.2, -0.15) is 0 Å². The molecule has 2 aliphatic heterocycles. The number of aryl methyl sites for hydroxylation is 2. The Balaban J connectivity index is 1.44. The normalized spacial score (nSPS) is 18.7. The summed E-state index contributed by atoms with van der Waals surface area (Å²) in [5.41, 5.74) is 4.01. The van der Waals surface area contributed by atoms with E-state index >= 15 is 0 Å². The largest absolute Gasteiger partial charge is 0.454 e. The number of hydrogen-bond donors (Lipinski definition) is 1. The van der Waals surface area contributed by atoms with Gasteiger partial charge in [-0.05, 0) is 55.0 Å². The Labute approximate surface area is 138 Å². The van der Waals surface area contributed by atoms with Gasteiger partial charge in [0.15, 0.2) is 11.5 Å². The number of nitrogens with one attached hydrogen (secondary N) is 1. The van der Waals surface area contributed by atoms with E-state index in [0.717, 1.165) is 35.2 Å². The molecular weight excluding hydrogens is 342 g/mol. The minimum absolute atomic E-state index is 0.326. The summed E-state index contributed by atoms with van der Waals surface area (Å²) in [6.45, 7) is 0.326. The minimum Gasteiger partial charge on any atom is -0.454 e. The van der Waals surface area contributed by atoms with Gasteiger partial charge in [0.1, 0.15) is 0 Å². The van der Waals surface area contributed by atoms with Gasteiger partial charge in [0.25, 0.3) is 0 Å². The molecule has 114 valence electrons. The van der Waals surface area contributed by atoms with Crippen LogP contribution in [0.15, 0.2) is 40.9 Å². The number of halogens is 1. The van der Waals surface area contributed by atoms with E-state index in [2.05, 4.69) is 51.6 Å². The molecule has 0 aromatic heterocycles. The zero-order valence-electron chi connectivity index (χ0n) is 12.3.